The van der Waals surface area contributed by atoms with Gasteiger partial charge in [0.15, 0.2) is 0 Å². The van der Waals surface area contributed by atoms with Gasteiger partial charge in [0.25, 0.3) is 5.91 Å². The average molecular weight is 609 g/mol. The van der Waals surface area contributed by atoms with E-state index in [-0.39, 0.29) is 23.9 Å². The maximum absolute atomic E-state index is 13.7. The summed E-state index contributed by atoms with van der Waals surface area (Å²) in [7, 11) is -2.93. The zero-order valence-electron chi connectivity index (χ0n) is 24.5. The molecule has 0 aromatic heterocycles. The lowest BCUT2D eigenvalue weighted by molar-refractivity contribution is 0.0805. The van der Waals surface area contributed by atoms with E-state index in [2.05, 4.69) is 22.9 Å². The summed E-state index contributed by atoms with van der Waals surface area (Å²) in [5.74, 6) is 0.0382. The standard InChI is InChI=1S/C31H48N4O4S.ClH/c1-3-14-31(15-8-9-16-31)33-23-29(36)28(19-24-12-6-5-7-13-24)34-30(37)25-20-26(32-4-2)22-27(21-25)35-17-10-11-18-40(35,38)39;/h5-7,12-13,20-22,28-29,32-33,36,38-39H,3-4,8-11,14-19,23H2,1-2H3,(H,34,37);1H/t28-,29+;/m0./s1. The van der Waals surface area contributed by atoms with Crippen molar-refractivity contribution in [2.45, 2.75) is 89.3 Å². The molecule has 2 fully saturated rings. The van der Waals surface area contributed by atoms with Crippen LogP contribution in [0.4, 0.5) is 11.4 Å². The van der Waals surface area contributed by atoms with E-state index < -0.39 is 22.9 Å². The van der Waals surface area contributed by atoms with Gasteiger partial charge in [-0.15, -0.1) is 23.2 Å². The number of hydrogen-bond donors (Lipinski definition) is 6. The number of aliphatic hydroxyl groups is 1. The van der Waals surface area contributed by atoms with Gasteiger partial charge in [-0.2, -0.15) is 0 Å². The van der Waals surface area contributed by atoms with Gasteiger partial charge in [0.05, 0.1) is 23.6 Å². The first-order valence-corrected chi connectivity index (χ1v) is 16.6. The largest absolute Gasteiger partial charge is 0.390 e. The van der Waals surface area contributed by atoms with Crippen LogP contribution in [-0.2, 0) is 6.42 Å². The second kappa shape index (κ2) is 15.5. The number of nitrogens with one attached hydrogen (secondary N) is 3. The van der Waals surface area contributed by atoms with Gasteiger partial charge in [0.1, 0.15) is 0 Å². The molecule has 2 aromatic carbocycles. The van der Waals surface area contributed by atoms with Crippen molar-refractivity contribution in [2.75, 3.05) is 35.0 Å². The first kappa shape index (κ1) is 33.5. The number of hydrogen-bond acceptors (Lipinski definition) is 7. The molecule has 1 saturated heterocycles. The first-order valence-electron chi connectivity index (χ1n) is 15.0. The van der Waals surface area contributed by atoms with Crippen LogP contribution in [0.25, 0.3) is 0 Å². The highest BCUT2D eigenvalue weighted by molar-refractivity contribution is 8.25. The molecule has 0 spiro atoms. The minimum atomic E-state index is -2.93. The number of carbonyl (C=O) groups excluding carboxylic acids is 1. The molecule has 1 saturated carbocycles. The molecule has 6 N–H and O–H groups in total. The highest BCUT2D eigenvalue weighted by Gasteiger charge is 2.34. The number of benzene rings is 2. The minimum Gasteiger partial charge on any atom is -0.390 e. The Hall–Kier alpha value is -2.01. The van der Waals surface area contributed by atoms with E-state index in [1.165, 1.54) is 12.8 Å². The predicted molar refractivity (Wildman–Crippen MR) is 174 cm³/mol. The fourth-order valence-corrected chi connectivity index (χ4v) is 7.89. The van der Waals surface area contributed by atoms with Crippen LogP contribution < -0.4 is 20.3 Å². The van der Waals surface area contributed by atoms with Crippen LogP contribution in [0.2, 0.25) is 0 Å². The summed E-state index contributed by atoms with van der Waals surface area (Å²) in [6.07, 6.45) is 8.21. The van der Waals surface area contributed by atoms with Gasteiger partial charge in [-0.3, -0.25) is 18.2 Å². The fraction of sp³-hybridized carbons (Fsp3) is 0.581. The quantitative estimate of drug-likeness (QED) is 0.160. The number of aliphatic hydroxyl groups excluding tert-OH is 1. The summed E-state index contributed by atoms with van der Waals surface area (Å²) >= 11 is 0. The molecule has 1 aliphatic carbocycles. The monoisotopic (exact) mass is 608 g/mol. The Morgan fingerprint density at radius 3 is 2.44 bits per heavy atom. The van der Waals surface area contributed by atoms with Crippen molar-refractivity contribution in [1.82, 2.24) is 10.6 Å². The molecule has 10 heteroatoms. The zero-order valence-corrected chi connectivity index (χ0v) is 26.1. The van der Waals surface area contributed by atoms with E-state index in [4.69, 9.17) is 0 Å². The molecule has 8 nitrogen and oxygen atoms in total. The number of nitrogens with zero attached hydrogens (tertiary/aromatic N) is 1. The lowest BCUT2D eigenvalue weighted by Crippen LogP contribution is -2.53. The molecule has 1 heterocycles. The molecule has 230 valence electrons. The van der Waals surface area contributed by atoms with Crippen LogP contribution >= 0.6 is 23.2 Å². The summed E-state index contributed by atoms with van der Waals surface area (Å²) in [5.41, 5.74) is 2.90. The Morgan fingerprint density at radius 1 is 1.05 bits per heavy atom. The Morgan fingerprint density at radius 2 is 1.78 bits per heavy atom. The van der Waals surface area contributed by atoms with Gasteiger partial charge in [-0.05, 0) is 69.2 Å². The van der Waals surface area contributed by atoms with Crippen molar-refractivity contribution in [3.63, 3.8) is 0 Å². The number of amides is 1. The second-order valence-electron chi connectivity index (χ2n) is 11.4. The van der Waals surface area contributed by atoms with Crippen LogP contribution in [0, 0.1) is 0 Å². The van der Waals surface area contributed by atoms with Crippen molar-refractivity contribution < 1.29 is 19.0 Å². The summed E-state index contributed by atoms with van der Waals surface area (Å²) in [4.78, 5) is 13.7. The van der Waals surface area contributed by atoms with Gasteiger partial charge in [0.2, 0.25) is 0 Å². The Bertz CT molecular complexity index is 1100. The smallest absolute Gasteiger partial charge is 0.251 e. The normalized spacial score (nSPS) is 20.0. The predicted octanol–water partition coefficient (Wildman–Crippen LogP) is 6.21. The summed E-state index contributed by atoms with van der Waals surface area (Å²) < 4.78 is 23.1. The number of anilines is 2. The molecule has 2 aromatic rings. The third-order valence-electron chi connectivity index (χ3n) is 8.29. The number of rotatable bonds is 13. The Balaban J connectivity index is 0.00000462. The molecule has 0 bridgehead atoms. The van der Waals surface area contributed by atoms with Gasteiger partial charge < -0.3 is 21.1 Å². The van der Waals surface area contributed by atoms with Crippen molar-refractivity contribution in [1.29, 1.82) is 0 Å². The lowest BCUT2D eigenvalue weighted by atomic mass is 9.91. The van der Waals surface area contributed by atoms with Gasteiger partial charge in [-0.1, -0.05) is 56.5 Å². The molecule has 1 aliphatic heterocycles. The molecular formula is C31H49ClN4O4S. The van der Waals surface area contributed by atoms with Crippen LogP contribution in [0.15, 0.2) is 48.5 Å². The fourth-order valence-electron chi connectivity index (χ4n) is 6.21. The second-order valence-corrected chi connectivity index (χ2v) is 13.5. The SMILES string of the molecule is CCCC1(NC[C@@H](O)[C@H](Cc2ccccc2)NC(=O)c2cc(NCC)cc(N3CCCCS3(O)O)c2)CCCC1.Cl. The molecule has 1 amide bonds. The summed E-state index contributed by atoms with van der Waals surface area (Å²) in [6, 6.07) is 14.8. The van der Waals surface area contributed by atoms with Crippen LogP contribution in [0.1, 0.15) is 81.1 Å². The van der Waals surface area contributed by atoms with E-state index in [1.807, 2.05) is 43.3 Å². The maximum atomic E-state index is 13.7. The van der Waals surface area contributed by atoms with Crippen molar-refractivity contribution in [3.8, 4) is 0 Å². The molecule has 2 aliphatic rings. The van der Waals surface area contributed by atoms with Crippen molar-refractivity contribution in [2.24, 2.45) is 0 Å². The molecule has 4 rings (SSSR count). The molecule has 0 unspecified atom stereocenters. The van der Waals surface area contributed by atoms with Gasteiger partial charge in [-0.25, -0.2) is 0 Å². The average Bonchev–Trinajstić information content (AvgIpc) is 3.40. The van der Waals surface area contributed by atoms with E-state index in [1.54, 1.807) is 16.4 Å². The Kier molecular flexibility index (Phi) is 12.6. The number of halogens is 1. The third kappa shape index (κ3) is 8.99. The van der Waals surface area contributed by atoms with Gasteiger partial charge in [0, 0.05) is 36.4 Å². The first-order chi connectivity index (χ1) is 19.2. The van der Waals surface area contributed by atoms with E-state index in [0.29, 0.717) is 43.1 Å². The Labute approximate surface area is 253 Å². The van der Waals surface area contributed by atoms with E-state index >= 15 is 0 Å². The highest BCUT2D eigenvalue weighted by atomic mass is 35.5. The van der Waals surface area contributed by atoms with Crippen molar-refractivity contribution >= 4 is 40.5 Å². The van der Waals surface area contributed by atoms with Crippen molar-refractivity contribution in [3.05, 3.63) is 59.7 Å². The van der Waals surface area contributed by atoms with E-state index in [9.17, 15) is 19.0 Å². The topological polar surface area (TPSA) is 117 Å². The minimum absolute atomic E-state index is 0. The maximum Gasteiger partial charge on any atom is 0.251 e. The number of β-amino-alcohol motifs (C(OH)–C–C–N with tert-alkyl or cyclic N) is 1. The highest BCUT2D eigenvalue weighted by Crippen LogP contribution is 2.50. The van der Waals surface area contributed by atoms with Crippen LogP contribution in [0.5, 0.6) is 0 Å². The summed E-state index contributed by atoms with van der Waals surface area (Å²) in [5, 5.41) is 21.5. The molecular weight excluding hydrogens is 560 g/mol. The molecule has 41 heavy (non-hydrogen) atoms. The van der Waals surface area contributed by atoms with Crippen LogP contribution in [-0.4, -0.2) is 63.2 Å². The zero-order chi connectivity index (χ0) is 28.6. The molecule has 0 radical (unpaired) electrons. The van der Waals surface area contributed by atoms with E-state index in [0.717, 1.165) is 49.8 Å². The van der Waals surface area contributed by atoms with Gasteiger partial charge >= 0.3 is 0 Å². The number of carbonyl (C=O) groups is 1. The molecule has 2 atom stereocenters. The van der Waals surface area contributed by atoms with Crippen LogP contribution in [0.3, 0.4) is 0 Å². The third-order valence-corrected chi connectivity index (χ3v) is 10.2. The summed E-state index contributed by atoms with van der Waals surface area (Å²) in [6.45, 7) is 5.79. The lowest BCUT2D eigenvalue weighted by Gasteiger charge is -2.47.